The second-order valence-corrected chi connectivity index (χ2v) is 4.22. The van der Waals surface area contributed by atoms with Gasteiger partial charge in [-0.1, -0.05) is 0 Å². The van der Waals surface area contributed by atoms with E-state index in [9.17, 15) is 9.59 Å². The molecule has 3 N–H and O–H groups in total. The van der Waals surface area contributed by atoms with Gasteiger partial charge in [0.15, 0.2) is 0 Å². The van der Waals surface area contributed by atoms with E-state index < -0.39 is 17.4 Å². The topological polar surface area (TPSA) is 95.3 Å². The van der Waals surface area contributed by atoms with Crippen LogP contribution in [0.1, 0.15) is 6.42 Å². The molecule has 0 aromatic carbocycles. The van der Waals surface area contributed by atoms with Crippen LogP contribution in [0, 0.1) is 3.57 Å². The van der Waals surface area contributed by atoms with E-state index in [1.165, 1.54) is 10.8 Å². The summed E-state index contributed by atoms with van der Waals surface area (Å²) in [7, 11) is 0. The third-order valence-electron chi connectivity index (χ3n) is 1.88. The number of nitrogens with zero attached hydrogens (tertiary/aromatic N) is 1. The Balaban J connectivity index is 2.82. The number of halogens is 1. The summed E-state index contributed by atoms with van der Waals surface area (Å²) < 4.78 is 1.70. The lowest BCUT2D eigenvalue weighted by molar-refractivity contribution is 0.0843. The molecular formula is C8H11IN2O4. The lowest BCUT2D eigenvalue weighted by Crippen LogP contribution is -2.32. The molecule has 1 aromatic heterocycles. The lowest BCUT2D eigenvalue weighted by atomic mass is 10.3. The van der Waals surface area contributed by atoms with Crippen molar-refractivity contribution in [3.8, 4) is 0 Å². The molecule has 0 saturated heterocycles. The van der Waals surface area contributed by atoms with Crippen molar-refractivity contribution in [2.45, 2.75) is 19.1 Å². The van der Waals surface area contributed by atoms with Crippen LogP contribution < -0.4 is 11.2 Å². The smallest absolute Gasteiger partial charge is 0.328 e. The molecule has 0 saturated carbocycles. The maximum Gasteiger partial charge on any atom is 0.328 e. The Morgan fingerprint density at radius 3 is 2.80 bits per heavy atom. The number of aromatic nitrogens is 2. The van der Waals surface area contributed by atoms with Crippen LogP contribution in [-0.4, -0.2) is 32.5 Å². The fraction of sp³-hybridized carbons (Fsp3) is 0.500. The van der Waals surface area contributed by atoms with Crippen LogP contribution in [0.4, 0.5) is 0 Å². The minimum atomic E-state index is -0.846. The number of aliphatic hydroxyl groups excluding tert-OH is 2. The van der Waals surface area contributed by atoms with Gasteiger partial charge < -0.3 is 10.2 Å². The largest absolute Gasteiger partial charge is 0.394 e. The average Bonchev–Trinajstić information content (AvgIpc) is 2.21. The normalized spacial score (nSPS) is 12.7. The number of aliphatic hydroxyl groups is 2. The van der Waals surface area contributed by atoms with Gasteiger partial charge >= 0.3 is 5.69 Å². The number of rotatable bonds is 4. The third-order valence-corrected chi connectivity index (χ3v) is 2.65. The lowest BCUT2D eigenvalue weighted by Gasteiger charge is -2.08. The molecule has 0 aliphatic heterocycles. The van der Waals surface area contributed by atoms with E-state index in [1.54, 1.807) is 0 Å². The maximum absolute atomic E-state index is 11.3. The Morgan fingerprint density at radius 2 is 2.20 bits per heavy atom. The highest BCUT2D eigenvalue weighted by molar-refractivity contribution is 14.1. The maximum atomic E-state index is 11.3. The number of aromatic amines is 1. The van der Waals surface area contributed by atoms with Gasteiger partial charge in [-0.2, -0.15) is 0 Å². The zero-order valence-electron chi connectivity index (χ0n) is 7.81. The summed E-state index contributed by atoms with van der Waals surface area (Å²) in [6.45, 7) is -0.0808. The van der Waals surface area contributed by atoms with E-state index in [4.69, 9.17) is 10.2 Å². The molecule has 1 aromatic rings. The molecule has 0 bridgehead atoms. The van der Waals surface area contributed by atoms with E-state index in [0.29, 0.717) is 3.57 Å². The van der Waals surface area contributed by atoms with Gasteiger partial charge in [0, 0.05) is 12.7 Å². The Bertz CT molecular complexity index is 439. The van der Waals surface area contributed by atoms with Crippen molar-refractivity contribution in [1.29, 1.82) is 0 Å². The number of H-pyrrole nitrogens is 1. The summed E-state index contributed by atoms with van der Waals surface area (Å²) in [4.78, 5) is 24.4. The van der Waals surface area contributed by atoms with Crippen molar-refractivity contribution in [3.63, 3.8) is 0 Å². The van der Waals surface area contributed by atoms with Gasteiger partial charge in [-0.25, -0.2) is 4.79 Å². The highest BCUT2D eigenvalue weighted by Crippen LogP contribution is 1.96. The van der Waals surface area contributed by atoms with Crippen LogP contribution in [0.25, 0.3) is 0 Å². The summed E-state index contributed by atoms with van der Waals surface area (Å²) in [5.41, 5.74) is -0.926. The molecule has 0 fully saturated rings. The molecule has 0 radical (unpaired) electrons. The molecule has 0 spiro atoms. The molecule has 0 aliphatic carbocycles. The highest BCUT2D eigenvalue weighted by Gasteiger charge is 2.05. The first-order valence-corrected chi connectivity index (χ1v) is 5.40. The number of nitrogens with one attached hydrogen (secondary N) is 1. The number of hydrogen-bond donors (Lipinski definition) is 3. The third kappa shape index (κ3) is 3.43. The van der Waals surface area contributed by atoms with Crippen molar-refractivity contribution in [2.75, 3.05) is 6.61 Å². The Labute approximate surface area is 98.7 Å². The summed E-state index contributed by atoms with van der Waals surface area (Å²) in [6, 6.07) is 0. The first-order chi connectivity index (χ1) is 7.04. The molecule has 84 valence electrons. The van der Waals surface area contributed by atoms with E-state index in [1.807, 2.05) is 22.6 Å². The van der Waals surface area contributed by atoms with Crippen LogP contribution in [0.3, 0.4) is 0 Å². The monoisotopic (exact) mass is 326 g/mol. The number of hydrogen-bond acceptors (Lipinski definition) is 4. The van der Waals surface area contributed by atoms with Crippen molar-refractivity contribution in [2.24, 2.45) is 0 Å². The fourth-order valence-corrected chi connectivity index (χ4v) is 1.50. The molecule has 6 nitrogen and oxygen atoms in total. The Hall–Kier alpha value is -0.670. The van der Waals surface area contributed by atoms with Crippen LogP contribution in [-0.2, 0) is 6.54 Å². The summed E-state index contributed by atoms with van der Waals surface area (Å²) in [5.74, 6) is 0. The molecule has 0 aliphatic rings. The molecule has 15 heavy (non-hydrogen) atoms. The predicted molar refractivity (Wildman–Crippen MR) is 61.7 cm³/mol. The summed E-state index contributed by atoms with van der Waals surface area (Å²) in [6.07, 6.45) is 0.839. The van der Waals surface area contributed by atoms with Crippen LogP contribution in [0.2, 0.25) is 0 Å². The van der Waals surface area contributed by atoms with Crippen molar-refractivity contribution in [3.05, 3.63) is 30.6 Å². The molecule has 0 unspecified atom stereocenters. The van der Waals surface area contributed by atoms with E-state index in [-0.39, 0.29) is 19.6 Å². The van der Waals surface area contributed by atoms with Gasteiger partial charge in [-0.3, -0.25) is 14.3 Å². The van der Waals surface area contributed by atoms with Gasteiger partial charge in [0.25, 0.3) is 5.56 Å². The van der Waals surface area contributed by atoms with Gasteiger partial charge in [-0.15, -0.1) is 0 Å². The highest BCUT2D eigenvalue weighted by atomic mass is 127. The quantitative estimate of drug-likeness (QED) is 0.611. The zero-order chi connectivity index (χ0) is 11.4. The van der Waals surface area contributed by atoms with Crippen LogP contribution in [0.5, 0.6) is 0 Å². The van der Waals surface area contributed by atoms with E-state index >= 15 is 0 Å². The summed E-state index contributed by atoms with van der Waals surface area (Å²) in [5, 5.41) is 17.7. The first kappa shape index (κ1) is 12.4. The van der Waals surface area contributed by atoms with Crippen molar-refractivity contribution >= 4 is 22.6 Å². The predicted octanol–water partition coefficient (Wildman–Crippen LogP) is -1.12. The Morgan fingerprint density at radius 1 is 1.53 bits per heavy atom. The zero-order valence-corrected chi connectivity index (χ0v) is 9.97. The minimum Gasteiger partial charge on any atom is -0.394 e. The van der Waals surface area contributed by atoms with Crippen LogP contribution in [0.15, 0.2) is 15.8 Å². The summed E-state index contributed by atoms with van der Waals surface area (Å²) >= 11 is 1.82. The average molecular weight is 326 g/mol. The van der Waals surface area contributed by atoms with E-state index in [0.717, 1.165) is 0 Å². The van der Waals surface area contributed by atoms with Gasteiger partial charge in [0.1, 0.15) is 0 Å². The van der Waals surface area contributed by atoms with E-state index in [2.05, 4.69) is 4.98 Å². The number of aryl methyl sites for hydroxylation is 1. The first-order valence-electron chi connectivity index (χ1n) is 4.32. The molecule has 1 atom stereocenters. The molecule has 7 heteroatoms. The van der Waals surface area contributed by atoms with Gasteiger partial charge in [0.05, 0.1) is 16.3 Å². The molecular weight excluding hydrogens is 315 g/mol. The molecule has 0 amide bonds. The van der Waals surface area contributed by atoms with Crippen LogP contribution >= 0.6 is 22.6 Å². The fourth-order valence-electron chi connectivity index (χ4n) is 1.03. The van der Waals surface area contributed by atoms with Gasteiger partial charge in [0.2, 0.25) is 0 Å². The van der Waals surface area contributed by atoms with Crippen molar-refractivity contribution < 1.29 is 10.2 Å². The van der Waals surface area contributed by atoms with Gasteiger partial charge in [-0.05, 0) is 29.0 Å². The molecule has 1 rings (SSSR count). The second-order valence-electron chi connectivity index (χ2n) is 3.05. The molecule has 1 heterocycles. The second kappa shape index (κ2) is 5.42. The standard InChI is InChI=1S/C8H11IN2O4/c9-6-3-11(2-1-5(13)4-12)8(15)10-7(6)14/h3,5,12-13H,1-2,4H2,(H,10,14,15)/t5-/m0/s1. The minimum absolute atomic E-state index is 0.257. The van der Waals surface area contributed by atoms with Crippen molar-refractivity contribution in [1.82, 2.24) is 9.55 Å². The Kier molecular flexibility index (Phi) is 4.48. The SMILES string of the molecule is O=c1[nH]c(=O)n(CC[C@H](O)CO)cc1I.